The van der Waals surface area contributed by atoms with E-state index in [1.807, 2.05) is 18.4 Å². The molecule has 0 bridgehead atoms. The Bertz CT molecular complexity index is 485. The number of hydrogen-bond acceptors (Lipinski definition) is 4. The van der Waals surface area contributed by atoms with Crippen molar-refractivity contribution >= 4 is 11.5 Å². The minimum atomic E-state index is -0.186. The standard InChI is InChI=1S/C12H14FN3S/c1-3-14-12(11-7-17-16-15-11)9-5-4-8(2)10(13)6-9/h4-7,12,14H,3H2,1-2H3. The lowest BCUT2D eigenvalue weighted by Gasteiger charge is -2.16. The van der Waals surface area contributed by atoms with Crippen LogP contribution in [-0.2, 0) is 0 Å². The Morgan fingerprint density at radius 3 is 2.88 bits per heavy atom. The van der Waals surface area contributed by atoms with E-state index in [2.05, 4.69) is 14.9 Å². The predicted octanol–water partition coefficient (Wildman–Crippen LogP) is 2.68. The molecule has 0 radical (unpaired) electrons. The molecule has 1 aromatic heterocycles. The molecule has 0 spiro atoms. The van der Waals surface area contributed by atoms with Crippen LogP contribution in [0.25, 0.3) is 0 Å². The largest absolute Gasteiger partial charge is 0.305 e. The van der Waals surface area contributed by atoms with Gasteiger partial charge in [0.2, 0.25) is 0 Å². The van der Waals surface area contributed by atoms with Crippen LogP contribution < -0.4 is 5.32 Å². The summed E-state index contributed by atoms with van der Waals surface area (Å²) in [5, 5.41) is 9.21. The van der Waals surface area contributed by atoms with E-state index in [-0.39, 0.29) is 11.9 Å². The maximum absolute atomic E-state index is 13.6. The maximum atomic E-state index is 13.6. The zero-order valence-electron chi connectivity index (χ0n) is 9.77. The summed E-state index contributed by atoms with van der Waals surface area (Å²) in [7, 11) is 0. The number of nitrogens with one attached hydrogen (secondary N) is 1. The van der Waals surface area contributed by atoms with Crippen LogP contribution in [-0.4, -0.2) is 16.1 Å². The average Bonchev–Trinajstić information content (AvgIpc) is 2.83. The molecule has 2 aromatic rings. The highest BCUT2D eigenvalue weighted by Crippen LogP contribution is 2.22. The van der Waals surface area contributed by atoms with Crippen molar-refractivity contribution in [2.75, 3.05) is 6.54 Å². The molecule has 0 aliphatic heterocycles. The zero-order valence-corrected chi connectivity index (χ0v) is 10.6. The van der Waals surface area contributed by atoms with Gasteiger partial charge in [0.1, 0.15) is 5.82 Å². The fraction of sp³-hybridized carbons (Fsp3) is 0.333. The van der Waals surface area contributed by atoms with Crippen LogP contribution in [0.2, 0.25) is 0 Å². The lowest BCUT2D eigenvalue weighted by molar-refractivity contribution is 0.590. The van der Waals surface area contributed by atoms with Gasteiger partial charge in [0, 0.05) is 5.38 Å². The van der Waals surface area contributed by atoms with E-state index in [1.165, 1.54) is 11.5 Å². The van der Waals surface area contributed by atoms with Gasteiger partial charge in [-0.1, -0.05) is 23.5 Å². The van der Waals surface area contributed by atoms with Crippen LogP contribution in [0.3, 0.4) is 0 Å². The highest BCUT2D eigenvalue weighted by atomic mass is 32.1. The number of hydrogen-bond donors (Lipinski definition) is 1. The second-order valence-electron chi connectivity index (χ2n) is 3.83. The molecule has 90 valence electrons. The number of rotatable bonds is 4. The number of nitrogens with zero attached hydrogens (tertiary/aromatic N) is 2. The van der Waals surface area contributed by atoms with Gasteiger partial charge in [-0.05, 0) is 42.2 Å². The molecule has 1 atom stereocenters. The molecule has 3 nitrogen and oxygen atoms in total. The smallest absolute Gasteiger partial charge is 0.126 e. The minimum absolute atomic E-state index is 0.0890. The van der Waals surface area contributed by atoms with E-state index in [1.54, 1.807) is 19.1 Å². The summed E-state index contributed by atoms with van der Waals surface area (Å²) < 4.78 is 17.4. The van der Waals surface area contributed by atoms with Gasteiger partial charge >= 0.3 is 0 Å². The van der Waals surface area contributed by atoms with Crippen LogP contribution >= 0.6 is 11.5 Å². The summed E-state index contributed by atoms with van der Waals surface area (Å²) in [5.41, 5.74) is 2.36. The molecule has 0 aliphatic carbocycles. The Hall–Kier alpha value is -1.33. The summed E-state index contributed by atoms with van der Waals surface area (Å²) in [4.78, 5) is 0. The number of aryl methyl sites for hydroxylation is 1. The Kier molecular flexibility index (Phi) is 3.81. The lowest BCUT2D eigenvalue weighted by atomic mass is 10.0. The van der Waals surface area contributed by atoms with E-state index in [0.29, 0.717) is 5.56 Å². The van der Waals surface area contributed by atoms with Gasteiger partial charge in [-0.3, -0.25) is 0 Å². The predicted molar refractivity (Wildman–Crippen MR) is 66.6 cm³/mol. The van der Waals surface area contributed by atoms with Crippen molar-refractivity contribution in [2.45, 2.75) is 19.9 Å². The fourth-order valence-electron chi connectivity index (χ4n) is 1.68. The molecular formula is C12H14FN3S. The first kappa shape index (κ1) is 12.1. The zero-order chi connectivity index (χ0) is 12.3. The van der Waals surface area contributed by atoms with Crippen molar-refractivity contribution in [3.05, 3.63) is 46.2 Å². The van der Waals surface area contributed by atoms with Gasteiger partial charge in [0.05, 0.1) is 11.7 Å². The molecule has 0 fully saturated rings. The maximum Gasteiger partial charge on any atom is 0.126 e. The molecule has 5 heteroatoms. The summed E-state index contributed by atoms with van der Waals surface area (Å²) in [6.07, 6.45) is 0. The van der Waals surface area contributed by atoms with E-state index in [9.17, 15) is 4.39 Å². The summed E-state index contributed by atoms with van der Waals surface area (Å²) in [6.45, 7) is 4.56. The van der Waals surface area contributed by atoms with E-state index in [4.69, 9.17) is 0 Å². The molecule has 0 amide bonds. The van der Waals surface area contributed by atoms with E-state index < -0.39 is 0 Å². The molecule has 1 aromatic carbocycles. The third-order valence-corrected chi connectivity index (χ3v) is 3.13. The normalized spacial score (nSPS) is 12.6. The quantitative estimate of drug-likeness (QED) is 0.908. The van der Waals surface area contributed by atoms with Crippen LogP contribution in [0.1, 0.15) is 29.8 Å². The Balaban J connectivity index is 2.35. The summed E-state index contributed by atoms with van der Waals surface area (Å²) in [5.74, 6) is -0.186. The fourth-order valence-corrected chi connectivity index (χ4v) is 2.16. The second-order valence-corrected chi connectivity index (χ2v) is 4.44. The summed E-state index contributed by atoms with van der Waals surface area (Å²) >= 11 is 1.30. The van der Waals surface area contributed by atoms with Crippen molar-refractivity contribution in [1.82, 2.24) is 14.9 Å². The average molecular weight is 251 g/mol. The Morgan fingerprint density at radius 1 is 1.47 bits per heavy atom. The van der Waals surface area contributed by atoms with Gasteiger partial charge in [-0.15, -0.1) is 5.10 Å². The van der Waals surface area contributed by atoms with Crippen molar-refractivity contribution in [1.29, 1.82) is 0 Å². The molecule has 0 saturated heterocycles. The Morgan fingerprint density at radius 2 is 2.29 bits per heavy atom. The van der Waals surface area contributed by atoms with Crippen molar-refractivity contribution < 1.29 is 4.39 Å². The van der Waals surface area contributed by atoms with E-state index >= 15 is 0 Å². The molecule has 2 rings (SSSR count). The molecule has 0 aliphatic rings. The van der Waals surface area contributed by atoms with Crippen LogP contribution in [0, 0.1) is 12.7 Å². The van der Waals surface area contributed by atoms with Crippen molar-refractivity contribution in [3.63, 3.8) is 0 Å². The first-order valence-corrected chi connectivity index (χ1v) is 6.32. The third kappa shape index (κ3) is 2.68. The lowest BCUT2D eigenvalue weighted by Crippen LogP contribution is -2.22. The summed E-state index contributed by atoms with van der Waals surface area (Å²) in [6, 6.07) is 5.18. The molecule has 1 unspecified atom stereocenters. The number of benzene rings is 1. The molecule has 17 heavy (non-hydrogen) atoms. The number of aromatic nitrogens is 2. The highest BCUT2D eigenvalue weighted by molar-refractivity contribution is 7.03. The molecule has 1 heterocycles. The van der Waals surface area contributed by atoms with E-state index in [0.717, 1.165) is 17.8 Å². The Labute approximate surface area is 104 Å². The minimum Gasteiger partial charge on any atom is -0.305 e. The van der Waals surface area contributed by atoms with Gasteiger partial charge in [-0.2, -0.15) is 0 Å². The molecular weight excluding hydrogens is 237 g/mol. The highest BCUT2D eigenvalue weighted by Gasteiger charge is 2.16. The third-order valence-electron chi connectivity index (χ3n) is 2.61. The van der Waals surface area contributed by atoms with Crippen LogP contribution in [0.5, 0.6) is 0 Å². The molecule has 1 N–H and O–H groups in total. The number of halogens is 1. The van der Waals surface area contributed by atoms with Crippen molar-refractivity contribution in [3.8, 4) is 0 Å². The first-order chi connectivity index (χ1) is 8.22. The molecule has 0 saturated carbocycles. The first-order valence-electron chi connectivity index (χ1n) is 5.48. The van der Waals surface area contributed by atoms with Gasteiger partial charge in [0.15, 0.2) is 0 Å². The van der Waals surface area contributed by atoms with Crippen LogP contribution in [0.4, 0.5) is 4.39 Å². The second kappa shape index (κ2) is 5.33. The van der Waals surface area contributed by atoms with Gasteiger partial charge < -0.3 is 5.32 Å². The van der Waals surface area contributed by atoms with Gasteiger partial charge in [0.25, 0.3) is 0 Å². The SMILES string of the molecule is CCNC(c1ccc(C)c(F)c1)c1csnn1. The van der Waals surface area contributed by atoms with Crippen molar-refractivity contribution in [2.24, 2.45) is 0 Å². The van der Waals surface area contributed by atoms with Crippen LogP contribution in [0.15, 0.2) is 23.6 Å². The topological polar surface area (TPSA) is 37.8 Å². The van der Waals surface area contributed by atoms with Gasteiger partial charge in [-0.25, -0.2) is 4.39 Å². The monoisotopic (exact) mass is 251 g/mol.